The number of benzene rings is 1. The summed E-state index contributed by atoms with van der Waals surface area (Å²) in [7, 11) is -4.04. The van der Waals surface area contributed by atoms with E-state index in [0.29, 0.717) is 15.0 Å². The molecule has 0 aliphatic carbocycles. The summed E-state index contributed by atoms with van der Waals surface area (Å²) in [5, 5.41) is 2.40. The van der Waals surface area contributed by atoms with Gasteiger partial charge in [0.05, 0.1) is 4.34 Å². The molecule has 1 atom stereocenters. The molecule has 0 bridgehead atoms. The number of sulfonamides is 1. The normalized spacial score (nSPS) is 18.1. The lowest BCUT2D eigenvalue weighted by Crippen LogP contribution is -2.33. The predicted molar refractivity (Wildman–Crippen MR) is 122 cm³/mol. The molecule has 0 unspecified atom stereocenters. The van der Waals surface area contributed by atoms with Gasteiger partial charge in [-0.2, -0.15) is 8.42 Å². The molecule has 1 fully saturated rings. The zero-order chi connectivity index (χ0) is 21.9. The average molecular weight is 504 g/mol. The van der Waals surface area contributed by atoms with E-state index in [1.54, 1.807) is 24.3 Å². The first-order valence-corrected chi connectivity index (χ1v) is 12.3. The number of nitrogens with zero attached hydrogens (tertiary/aromatic N) is 2. The second-order valence-electron chi connectivity index (χ2n) is 6.01. The first-order chi connectivity index (χ1) is 14.2. The van der Waals surface area contributed by atoms with Crippen LogP contribution in [-0.2, 0) is 19.6 Å². The van der Waals surface area contributed by atoms with Crippen LogP contribution in [0.1, 0.15) is 6.42 Å². The molecule has 2 aromatic rings. The van der Waals surface area contributed by atoms with Gasteiger partial charge in [0.1, 0.15) is 9.46 Å². The molecule has 0 radical (unpaired) electrons. The largest absolute Gasteiger partial charge is 0.326 e. The number of hydrogen-bond acceptors (Lipinski definition) is 6. The number of thioether (sulfide) groups is 1. The van der Waals surface area contributed by atoms with Crippen molar-refractivity contribution in [2.24, 2.45) is 4.40 Å². The Morgan fingerprint density at radius 1 is 1.23 bits per heavy atom. The lowest BCUT2D eigenvalue weighted by atomic mass is 10.2. The molecule has 7 nitrogen and oxygen atoms in total. The molecule has 1 N–H and O–H groups in total. The molecule has 3 rings (SSSR count). The van der Waals surface area contributed by atoms with E-state index in [-0.39, 0.29) is 22.3 Å². The minimum atomic E-state index is -4.04. The maximum Gasteiger partial charge on any atom is 0.294 e. The molecular formula is C18H15Cl2N3O4S3. The van der Waals surface area contributed by atoms with Crippen molar-refractivity contribution in [3.05, 3.63) is 58.4 Å². The van der Waals surface area contributed by atoms with Gasteiger partial charge in [0.2, 0.25) is 11.8 Å². The average Bonchev–Trinajstić information content (AvgIpc) is 3.23. The summed E-state index contributed by atoms with van der Waals surface area (Å²) in [5.74, 6) is -0.805. The van der Waals surface area contributed by atoms with Crippen LogP contribution in [0.3, 0.4) is 0 Å². The first-order valence-electron chi connectivity index (χ1n) is 8.44. The van der Waals surface area contributed by atoms with Gasteiger partial charge in [0, 0.05) is 23.7 Å². The number of nitrogens with one attached hydrogen (secondary N) is 1. The Balaban J connectivity index is 1.77. The number of halogens is 2. The number of carbonyl (C=O) groups excluding carboxylic acids is 2. The Bertz CT molecular complexity index is 1110. The summed E-state index contributed by atoms with van der Waals surface area (Å²) in [6.45, 7) is 3.66. The monoisotopic (exact) mass is 503 g/mol. The van der Waals surface area contributed by atoms with Crippen molar-refractivity contribution in [3.63, 3.8) is 0 Å². The number of hydrogen-bond donors (Lipinski definition) is 1. The van der Waals surface area contributed by atoms with E-state index >= 15 is 0 Å². The minimum Gasteiger partial charge on any atom is -0.326 e. The maximum atomic E-state index is 12.7. The molecule has 158 valence electrons. The molecule has 1 aromatic carbocycles. The number of anilines is 1. The van der Waals surface area contributed by atoms with E-state index in [1.165, 1.54) is 23.1 Å². The van der Waals surface area contributed by atoms with Crippen LogP contribution in [0, 0.1) is 0 Å². The van der Waals surface area contributed by atoms with Gasteiger partial charge in [-0.1, -0.05) is 41.0 Å². The van der Waals surface area contributed by atoms with Crippen LogP contribution in [0.25, 0.3) is 0 Å². The van der Waals surface area contributed by atoms with Gasteiger partial charge in [-0.25, -0.2) is 0 Å². The Hall–Kier alpha value is -1.85. The van der Waals surface area contributed by atoms with Crippen molar-refractivity contribution in [3.8, 4) is 0 Å². The van der Waals surface area contributed by atoms with E-state index in [0.717, 1.165) is 23.1 Å². The summed E-state index contributed by atoms with van der Waals surface area (Å²) in [4.78, 5) is 26.3. The quantitative estimate of drug-likeness (QED) is 0.569. The smallest absolute Gasteiger partial charge is 0.294 e. The fraction of sp³-hybridized carbons (Fsp3) is 0.167. The zero-order valence-corrected chi connectivity index (χ0v) is 19.2. The molecule has 1 aromatic heterocycles. The Morgan fingerprint density at radius 3 is 2.53 bits per heavy atom. The van der Waals surface area contributed by atoms with Gasteiger partial charge in [-0.05, 0) is 36.4 Å². The summed E-state index contributed by atoms with van der Waals surface area (Å²) in [5.41, 5.74) is 0.536. The summed E-state index contributed by atoms with van der Waals surface area (Å²) < 4.78 is 29.2. The lowest BCUT2D eigenvalue weighted by molar-refractivity contribution is -0.127. The van der Waals surface area contributed by atoms with Gasteiger partial charge in [-0.3, -0.25) is 14.5 Å². The van der Waals surface area contributed by atoms with Crippen LogP contribution in [0.5, 0.6) is 0 Å². The second-order valence-corrected chi connectivity index (χ2v) is 11.2. The summed E-state index contributed by atoms with van der Waals surface area (Å²) in [6, 6.07) is 9.34. The van der Waals surface area contributed by atoms with Gasteiger partial charge in [0.15, 0.2) is 5.17 Å². The topological polar surface area (TPSA) is 95.9 Å². The zero-order valence-electron chi connectivity index (χ0n) is 15.2. The molecule has 0 saturated carbocycles. The van der Waals surface area contributed by atoms with E-state index in [2.05, 4.69) is 16.3 Å². The predicted octanol–water partition coefficient (Wildman–Crippen LogP) is 4.26. The van der Waals surface area contributed by atoms with E-state index in [1.807, 2.05) is 0 Å². The van der Waals surface area contributed by atoms with Crippen LogP contribution >= 0.6 is 46.3 Å². The van der Waals surface area contributed by atoms with Gasteiger partial charge in [-0.15, -0.1) is 22.3 Å². The van der Waals surface area contributed by atoms with Gasteiger partial charge in [0.25, 0.3) is 10.0 Å². The Morgan fingerprint density at radius 2 is 1.93 bits per heavy atom. The van der Waals surface area contributed by atoms with Crippen molar-refractivity contribution >= 4 is 79.0 Å². The maximum absolute atomic E-state index is 12.7. The number of amides is 2. The van der Waals surface area contributed by atoms with Gasteiger partial charge < -0.3 is 5.32 Å². The Labute approximate surface area is 191 Å². The van der Waals surface area contributed by atoms with Crippen LogP contribution < -0.4 is 5.32 Å². The molecule has 12 heteroatoms. The minimum absolute atomic E-state index is 0.00582. The van der Waals surface area contributed by atoms with Crippen molar-refractivity contribution in [1.82, 2.24) is 4.90 Å². The number of carbonyl (C=O) groups is 2. The Kier molecular flexibility index (Phi) is 7.25. The van der Waals surface area contributed by atoms with Crippen LogP contribution in [0.4, 0.5) is 5.69 Å². The van der Waals surface area contributed by atoms with Crippen molar-refractivity contribution in [1.29, 1.82) is 0 Å². The molecule has 1 saturated heterocycles. The third-order valence-corrected chi connectivity index (χ3v) is 8.34. The molecule has 1 aliphatic heterocycles. The van der Waals surface area contributed by atoms with Crippen LogP contribution in [-0.4, -0.2) is 42.1 Å². The van der Waals surface area contributed by atoms with Crippen molar-refractivity contribution in [2.75, 3.05) is 11.9 Å². The fourth-order valence-corrected chi connectivity index (χ4v) is 6.46. The summed E-state index contributed by atoms with van der Waals surface area (Å²) >= 11 is 13.4. The third-order valence-electron chi connectivity index (χ3n) is 3.83. The third kappa shape index (κ3) is 5.44. The highest BCUT2D eigenvalue weighted by atomic mass is 35.5. The fourth-order valence-electron chi connectivity index (χ4n) is 2.50. The molecule has 1 aliphatic rings. The lowest BCUT2D eigenvalue weighted by Gasteiger charge is -2.13. The molecule has 2 amide bonds. The molecule has 2 heterocycles. The van der Waals surface area contributed by atoms with Crippen molar-refractivity contribution < 1.29 is 18.0 Å². The molecule has 30 heavy (non-hydrogen) atoms. The van der Waals surface area contributed by atoms with Gasteiger partial charge >= 0.3 is 0 Å². The van der Waals surface area contributed by atoms with Crippen LogP contribution in [0.2, 0.25) is 9.36 Å². The standard InChI is InChI=1S/C18H15Cl2N3O4S3/c1-2-9-23-17(25)13(10-15(24)21-12-5-3-11(19)4-6-12)28-18(23)22-30(26,27)16-8-7-14(20)29-16/h2-8,13H,1,9-10H2,(H,21,24)/t13-/m1/s1. The highest BCUT2D eigenvalue weighted by Crippen LogP contribution is 2.33. The second kappa shape index (κ2) is 9.52. The van der Waals surface area contributed by atoms with Crippen LogP contribution in [0.15, 0.2) is 57.7 Å². The van der Waals surface area contributed by atoms with E-state index in [4.69, 9.17) is 23.2 Å². The first kappa shape index (κ1) is 22.8. The number of thiophene rings is 1. The van der Waals surface area contributed by atoms with Crippen molar-refractivity contribution in [2.45, 2.75) is 15.9 Å². The number of amidine groups is 1. The van der Waals surface area contributed by atoms with E-state index < -0.39 is 27.1 Å². The highest BCUT2D eigenvalue weighted by molar-refractivity contribution is 8.16. The summed E-state index contributed by atoms with van der Waals surface area (Å²) in [6.07, 6.45) is 1.31. The number of rotatable bonds is 7. The highest BCUT2D eigenvalue weighted by Gasteiger charge is 2.39. The molecular weight excluding hydrogens is 489 g/mol. The van der Waals surface area contributed by atoms with E-state index in [9.17, 15) is 18.0 Å². The SMILES string of the molecule is C=CCN1C(=O)[C@@H](CC(=O)Nc2ccc(Cl)cc2)SC1=NS(=O)(=O)c1ccc(Cl)s1. The molecule has 0 spiro atoms.